The summed E-state index contributed by atoms with van der Waals surface area (Å²) in [5.41, 5.74) is 1.29. The fraction of sp³-hybridized carbons (Fsp3) is 0.571. The minimum absolute atomic E-state index is 0.0558. The molecule has 0 spiro atoms. The second kappa shape index (κ2) is 7.90. The van der Waals surface area contributed by atoms with Gasteiger partial charge in [0.2, 0.25) is 0 Å². The lowest BCUT2D eigenvalue weighted by atomic mass is 9.98. The molecule has 2 aliphatic rings. The molecule has 0 radical (unpaired) electrons. The van der Waals surface area contributed by atoms with Crippen LogP contribution in [-0.2, 0) is 0 Å². The molecule has 1 aromatic heterocycles. The van der Waals surface area contributed by atoms with E-state index in [1.807, 2.05) is 18.2 Å². The summed E-state index contributed by atoms with van der Waals surface area (Å²) in [6, 6.07) is 6.48. The molecule has 0 unspecified atom stereocenters. The smallest absolute Gasteiger partial charge is 0.255 e. The second-order valence-electron chi connectivity index (χ2n) is 7.83. The van der Waals surface area contributed by atoms with Crippen LogP contribution in [0.4, 0.5) is 0 Å². The van der Waals surface area contributed by atoms with Gasteiger partial charge in [0.15, 0.2) is 0 Å². The Bertz CT molecular complexity index is 787. The first-order valence-corrected chi connectivity index (χ1v) is 9.93. The average Bonchev–Trinajstić information content (AvgIpc) is 3.12. The Balaban J connectivity index is 1.34. The molecule has 1 N–H and O–H groups in total. The quantitative estimate of drug-likeness (QED) is 0.896. The van der Waals surface area contributed by atoms with Crippen molar-refractivity contribution in [3.8, 4) is 5.75 Å². The maximum absolute atomic E-state index is 12.8. The molecule has 1 amide bonds. The molecular weight excluding hydrogens is 342 g/mol. The van der Waals surface area contributed by atoms with E-state index in [9.17, 15) is 4.79 Å². The van der Waals surface area contributed by atoms with Crippen LogP contribution in [0.3, 0.4) is 0 Å². The van der Waals surface area contributed by atoms with Crippen LogP contribution in [-0.4, -0.2) is 68.1 Å². The number of benzene rings is 1. The van der Waals surface area contributed by atoms with Crippen LogP contribution < -0.4 is 10.1 Å². The predicted octanol–water partition coefficient (Wildman–Crippen LogP) is 2.73. The summed E-state index contributed by atoms with van der Waals surface area (Å²) in [5.74, 6) is 0.670. The predicted molar refractivity (Wildman–Crippen MR) is 105 cm³/mol. The Labute approximate surface area is 160 Å². The number of carbonyl (C=O) groups is 1. The molecule has 4 rings (SSSR count). The number of nitrogens with zero attached hydrogens (tertiary/aromatic N) is 2. The van der Waals surface area contributed by atoms with Crippen molar-refractivity contribution in [1.29, 1.82) is 0 Å². The zero-order chi connectivity index (χ0) is 18.8. The number of amides is 1. The van der Waals surface area contributed by atoms with Crippen LogP contribution in [0.2, 0.25) is 0 Å². The minimum Gasteiger partial charge on any atom is -0.497 e. The lowest BCUT2D eigenvalue weighted by molar-refractivity contribution is 0.0807. The number of rotatable bonds is 4. The number of ether oxygens (including phenoxy) is 1. The van der Waals surface area contributed by atoms with E-state index in [0.29, 0.717) is 17.2 Å². The van der Waals surface area contributed by atoms with Gasteiger partial charge in [-0.3, -0.25) is 4.79 Å². The highest BCUT2D eigenvalue weighted by Crippen LogP contribution is 2.26. The third-order valence-corrected chi connectivity index (χ3v) is 6.09. The maximum atomic E-state index is 12.8. The van der Waals surface area contributed by atoms with Crippen molar-refractivity contribution >= 4 is 16.9 Å². The molecule has 1 aromatic carbocycles. The Kier molecular flexibility index (Phi) is 5.36. The summed E-state index contributed by atoms with van der Waals surface area (Å²) >= 11 is 0. The summed E-state index contributed by atoms with van der Waals surface area (Å²) in [5, 5.41) is 4.01. The Morgan fingerprint density at radius 3 is 2.59 bits per heavy atom. The van der Waals surface area contributed by atoms with E-state index in [4.69, 9.17) is 9.15 Å². The highest BCUT2D eigenvalue weighted by atomic mass is 16.5. The van der Waals surface area contributed by atoms with Gasteiger partial charge >= 0.3 is 0 Å². The summed E-state index contributed by atoms with van der Waals surface area (Å²) in [6.45, 7) is 4.52. The number of likely N-dealkylation sites (tertiary alicyclic amines) is 2. The van der Waals surface area contributed by atoms with Crippen LogP contribution >= 0.6 is 0 Å². The fourth-order valence-corrected chi connectivity index (χ4v) is 4.34. The fourth-order valence-electron chi connectivity index (χ4n) is 4.34. The Hall–Kier alpha value is -2.05. The Morgan fingerprint density at radius 1 is 1.15 bits per heavy atom. The SMILES string of the molecule is COc1ccc2occ(C(=O)NC3CCN(C4CCN(C)CC4)CC3)c2c1. The monoisotopic (exact) mass is 371 g/mol. The van der Waals surface area contributed by atoms with Gasteiger partial charge in [0.05, 0.1) is 12.7 Å². The van der Waals surface area contributed by atoms with E-state index in [1.165, 1.54) is 25.9 Å². The third kappa shape index (κ3) is 3.96. The van der Waals surface area contributed by atoms with Gasteiger partial charge in [0, 0.05) is 30.6 Å². The van der Waals surface area contributed by atoms with Crippen molar-refractivity contribution in [2.24, 2.45) is 0 Å². The summed E-state index contributed by atoms with van der Waals surface area (Å²) < 4.78 is 10.8. The average molecular weight is 371 g/mol. The molecular formula is C21H29N3O3. The van der Waals surface area contributed by atoms with Crippen molar-refractivity contribution in [3.63, 3.8) is 0 Å². The van der Waals surface area contributed by atoms with Crippen LogP contribution in [0.1, 0.15) is 36.0 Å². The third-order valence-electron chi connectivity index (χ3n) is 6.09. The van der Waals surface area contributed by atoms with Gasteiger partial charge in [-0.25, -0.2) is 0 Å². The zero-order valence-corrected chi connectivity index (χ0v) is 16.2. The number of furan rings is 1. The number of hydrogen-bond acceptors (Lipinski definition) is 5. The first-order chi connectivity index (χ1) is 13.1. The summed E-state index contributed by atoms with van der Waals surface area (Å²) in [4.78, 5) is 17.8. The first-order valence-electron chi connectivity index (χ1n) is 9.93. The number of nitrogens with one attached hydrogen (secondary N) is 1. The lowest BCUT2D eigenvalue weighted by Gasteiger charge is -2.41. The van der Waals surface area contributed by atoms with Crippen LogP contribution in [0.25, 0.3) is 11.0 Å². The molecule has 2 saturated heterocycles. The van der Waals surface area contributed by atoms with Crippen molar-refractivity contribution in [1.82, 2.24) is 15.1 Å². The van der Waals surface area contributed by atoms with E-state index >= 15 is 0 Å². The molecule has 6 heteroatoms. The first kappa shape index (κ1) is 18.3. The van der Waals surface area contributed by atoms with Crippen molar-refractivity contribution in [2.75, 3.05) is 40.3 Å². The van der Waals surface area contributed by atoms with E-state index in [0.717, 1.165) is 37.1 Å². The van der Waals surface area contributed by atoms with Crippen LogP contribution in [0.15, 0.2) is 28.9 Å². The van der Waals surface area contributed by atoms with Gasteiger partial charge in [-0.05, 0) is 64.0 Å². The van der Waals surface area contributed by atoms with Crippen molar-refractivity contribution in [2.45, 2.75) is 37.8 Å². The van der Waals surface area contributed by atoms with Gasteiger partial charge in [-0.15, -0.1) is 0 Å². The molecule has 0 atom stereocenters. The van der Waals surface area contributed by atoms with Gasteiger partial charge < -0.3 is 24.3 Å². The largest absolute Gasteiger partial charge is 0.497 e. The normalized spacial score (nSPS) is 20.8. The standard InChI is InChI=1S/C21H29N3O3/c1-23-9-7-16(8-10-23)24-11-5-15(6-12-24)22-21(25)19-14-27-20-4-3-17(26-2)13-18(19)20/h3-4,13-16H,5-12H2,1-2H3,(H,22,25). The summed E-state index contributed by atoms with van der Waals surface area (Å²) in [6.07, 6.45) is 6.09. The highest BCUT2D eigenvalue weighted by molar-refractivity contribution is 6.06. The molecule has 2 aromatic rings. The number of piperidine rings is 2. The van der Waals surface area contributed by atoms with E-state index in [-0.39, 0.29) is 11.9 Å². The van der Waals surface area contributed by atoms with Crippen molar-refractivity contribution < 1.29 is 13.9 Å². The van der Waals surface area contributed by atoms with E-state index < -0.39 is 0 Å². The van der Waals surface area contributed by atoms with E-state index in [2.05, 4.69) is 22.2 Å². The Morgan fingerprint density at radius 2 is 1.89 bits per heavy atom. The number of methoxy groups -OCH3 is 1. The zero-order valence-electron chi connectivity index (χ0n) is 16.2. The van der Waals surface area contributed by atoms with Gasteiger partial charge in [-0.2, -0.15) is 0 Å². The lowest BCUT2D eigenvalue weighted by Crippen LogP contribution is -2.50. The molecule has 146 valence electrons. The maximum Gasteiger partial charge on any atom is 0.255 e. The molecule has 0 aliphatic carbocycles. The summed E-state index contributed by atoms with van der Waals surface area (Å²) in [7, 11) is 3.83. The molecule has 27 heavy (non-hydrogen) atoms. The topological polar surface area (TPSA) is 58.0 Å². The minimum atomic E-state index is -0.0558. The van der Waals surface area contributed by atoms with Crippen LogP contribution in [0.5, 0.6) is 5.75 Å². The highest BCUT2D eigenvalue weighted by Gasteiger charge is 2.28. The molecule has 6 nitrogen and oxygen atoms in total. The van der Waals surface area contributed by atoms with Gasteiger partial charge in [0.1, 0.15) is 17.6 Å². The van der Waals surface area contributed by atoms with Gasteiger partial charge in [-0.1, -0.05) is 0 Å². The second-order valence-corrected chi connectivity index (χ2v) is 7.83. The number of fused-ring (bicyclic) bond motifs is 1. The molecule has 2 aliphatic heterocycles. The number of hydrogen-bond donors (Lipinski definition) is 1. The molecule has 0 bridgehead atoms. The molecule has 3 heterocycles. The van der Waals surface area contributed by atoms with Crippen molar-refractivity contribution in [3.05, 3.63) is 30.0 Å². The number of carbonyl (C=O) groups excluding carboxylic acids is 1. The van der Waals surface area contributed by atoms with Crippen LogP contribution in [0, 0.1) is 0 Å². The molecule has 2 fully saturated rings. The van der Waals surface area contributed by atoms with E-state index in [1.54, 1.807) is 13.4 Å². The van der Waals surface area contributed by atoms with Gasteiger partial charge in [0.25, 0.3) is 5.91 Å². The molecule has 0 saturated carbocycles.